The molecule has 0 spiro atoms. The minimum atomic E-state index is -0.383. The third-order valence-electron chi connectivity index (χ3n) is 8.11. The van der Waals surface area contributed by atoms with E-state index in [0.717, 1.165) is 58.4 Å². The average molecular weight is 520 g/mol. The monoisotopic (exact) mass is 519 g/mol. The van der Waals surface area contributed by atoms with Crippen molar-refractivity contribution in [2.24, 2.45) is 0 Å². The third kappa shape index (κ3) is 4.07. The number of rotatable bonds is 6. The molecule has 0 saturated carbocycles. The standard InChI is InChI=1S/C40H34/c1-3-12-27-20-22-30-26-38(31-23-21-28(13-4-2)25-37(31)36(30)24-27)40-34-18-10-8-16-32(34)39(29-14-6-5-7-15-29)33-17-9-11-19-35(33)40/h5-11,14-26H,3-4,12-13H2,1-2H3/i5D,6D,7D,14D,15D. The number of hydrogen-bond donors (Lipinski definition) is 0. The molecule has 0 unspecified atom stereocenters. The average Bonchev–Trinajstić information content (AvgIpc) is 3.06. The molecule has 0 amide bonds. The molecule has 40 heavy (non-hydrogen) atoms. The van der Waals surface area contributed by atoms with Gasteiger partial charge in [-0.2, -0.15) is 0 Å². The summed E-state index contributed by atoms with van der Waals surface area (Å²) >= 11 is 0. The van der Waals surface area contributed by atoms with E-state index < -0.39 is 0 Å². The Morgan fingerprint density at radius 3 is 1.65 bits per heavy atom. The van der Waals surface area contributed by atoms with Gasteiger partial charge in [0.1, 0.15) is 0 Å². The van der Waals surface area contributed by atoms with Crippen LogP contribution in [0.25, 0.3) is 65.3 Å². The Hall–Kier alpha value is -4.42. The van der Waals surface area contributed by atoms with E-state index in [1.807, 2.05) is 36.4 Å². The topological polar surface area (TPSA) is 0 Å². The summed E-state index contributed by atoms with van der Waals surface area (Å²) < 4.78 is 42.8. The smallest absolute Gasteiger partial charge is 0.0629 e. The second-order valence-corrected chi connectivity index (χ2v) is 10.7. The predicted molar refractivity (Wildman–Crippen MR) is 175 cm³/mol. The van der Waals surface area contributed by atoms with E-state index in [1.165, 1.54) is 32.7 Å². The highest BCUT2D eigenvalue weighted by atomic mass is 14.2. The molecule has 0 aromatic heterocycles. The van der Waals surface area contributed by atoms with Gasteiger partial charge in [-0.1, -0.05) is 142 Å². The molecule has 0 nitrogen and oxygen atoms in total. The predicted octanol–water partition coefficient (Wildman–Crippen LogP) is 11.5. The SMILES string of the molecule is [2H]c1c([2H])c([2H])c(-c2c3ccccc3c(-c3cc4ccc(CCC)cc4c4cc(CCC)ccc34)c3ccccc23)c([2H])c1[2H]. The molecular formula is C40H34. The fourth-order valence-corrected chi connectivity index (χ4v) is 6.40. The highest BCUT2D eigenvalue weighted by Gasteiger charge is 2.19. The lowest BCUT2D eigenvalue weighted by atomic mass is 9.83. The van der Waals surface area contributed by atoms with Crippen LogP contribution in [0.15, 0.2) is 121 Å². The summed E-state index contributed by atoms with van der Waals surface area (Å²) in [6, 6.07) is 30.8. The van der Waals surface area contributed by atoms with Crippen molar-refractivity contribution in [1.29, 1.82) is 0 Å². The molecule has 0 atom stereocenters. The van der Waals surface area contributed by atoms with Gasteiger partial charge in [-0.3, -0.25) is 0 Å². The summed E-state index contributed by atoms with van der Waals surface area (Å²) in [6.45, 7) is 4.43. The molecule has 0 bridgehead atoms. The van der Waals surface area contributed by atoms with Crippen molar-refractivity contribution in [2.45, 2.75) is 39.5 Å². The zero-order valence-electron chi connectivity index (χ0n) is 28.0. The van der Waals surface area contributed by atoms with E-state index in [1.54, 1.807) is 0 Å². The molecule has 0 radical (unpaired) electrons. The molecule has 0 fully saturated rings. The minimum absolute atomic E-state index is 0.188. The summed E-state index contributed by atoms with van der Waals surface area (Å²) in [6.07, 6.45) is 4.25. The Morgan fingerprint density at radius 1 is 0.500 bits per heavy atom. The van der Waals surface area contributed by atoms with Gasteiger partial charge in [0, 0.05) is 0 Å². The fourth-order valence-electron chi connectivity index (χ4n) is 6.40. The van der Waals surface area contributed by atoms with Gasteiger partial charge in [0.2, 0.25) is 0 Å². The lowest BCUT2D eigenvalue weighted by molar-refractivity contribution is 0.923. The molecule has 0 saturated heterocycles. The number of benzene rings is 7. The molecule has 0 N–H and O–H groups in total. The van der Waals surface area contributed by atoms with Crippen LogP contribution in [-0.4, -0.2) is 0 Å². The van der Waals surface area contributed by atoms with Crippen LogP contribution in [0.5, 0.6) is 0 Å². The molecule has 0 aliphatic carbocycles. The van der Waals surface area contributed by atoms with Crippen LogP contribution < -0.4 is 0 Å². The van der Waals surface area contributed by atoms with E-state index in [-0.39, 0.29) is 35.8 Å². The maximum absolute atomic E-state index is 8.87. The fraction of sp³-hybridized carbons (Fsp3) is 0.150. The molecule has 0 heterocycles. The van der Waals surface area contributed by atoms with E-state index in [9.17, 15) is 0 Å². The zero-order chi connectivity index (χ0) is 31.4. The van der Waals surface area contributed by atoms with Crippen LogP contribution in [-0.2, 0) is 12.8 Å². The van der Waals surface area contributed by atoms with Crippen molar-refractivity contribution in [3.63, 3.8) is 0 Å². The van der Waals surface area contributed by atoms with Gasteiger partial charge in [-0.25, -0.2) is 0 Å². The maximum Gasteiger partial charge on any atom is 0.0629 e. The minimum Gasteiger partial charge on any atom is -0.0651 e. The number of fused-ring (bicyclic) bond motifs is 5. The summed E-state index contributed by atoms with van der Waals surface area (Å²) in [5, 5.41) is 8.57. The van der Waals surface area contributed by atoms with Crippen molar-refractivity contribution in [3.05, 3.63) is 132 Å². The van der Waals surface area contributed by atoms with Crippen LogP contribution in [0.1, 0.15) is 44.7 Å². The Bertz CT molecular complexity index is 2210. The van der Waals surface area contributed by atoms with Gasteiger partial charge in [0.15, 0.2) is 0 Å². The first-order chi connectivity index (χ1) is 21.8. The van der Waals surface area contributed by atoms with Crippen molar-refractivity contribution in [1.82, 2.24) is 0 Å². The molecule has 7 aromatic carbocycles. The van der Waals surface area contributed by atoms with Crippen molar-refractivity contribution >= 4 is 43.1 Å². The van der Waals surface area contributed by atoms with Gasteiger partial charge in [0.25, 0.3) is 0 Å². The second-order valence-electron chi connectivity index (χ2n) is 10.7. The van der Waals surface area contributed by atoms with E-state index in [4.69, 9.17) is 6.85 Å². The highest BCUT2D eigenvalue weighted by Crippen LogP contribution is 2.46. The zero-order valence-corrected chi connectivity index (χ0v) is 23.0. The maximum atomic E-state index is 8.87. The lowest BCUT2D eigenvalue weighted by Crippen LogP contribution is -1.93. The van der Waals surface area contributed by atoms with Crippen molar-refractivity contribution in [2.75, 3.05) is 0 Å². The first kappa shape index (κ1) is 19.6. The van der Waals surface area contributed by atoms with Crippen molar-refractivity contribution < 1.29 is 6.85 Å². The molecular weight excluding hydrogens is 480 g/mol. The second kappa shape index (κ2) is 10.3. The van der Waals surface area contributed by atoms with Crippen molar-refractivity contribution in [3.8, 4) is 22.3 Å². The highest BCUT2D eigenvalue weighted by molar-refractivity contribution is 6.25. The van der Waals surface area contributed by atoms with Crippen LogP contribution in [0, 0.1) is 0 Å². The molecule has 7 rings (SSSR count). The molecule has 0 heteroatoms. The summed E-state index contributed by atoms with van der Waals surface area (Å²) in [5.41, 5.74) is 5.79. The van der Waals surface area contributed by atoms with E-state index in [2.05, 4.69) is 68.4 Å². The van der Waals surface area contributed by atoms with E-state index in [0.29, 0.717) is 5.56 Å². The normalized spacial score (nSPS) is 13.4. The number of hydrogen-bond acceptors (Lipinski definition) is 0. The van der Waals surface area contributed by atoms with Crippen LogP contribution in [0.2, 0.25) is 0 Å². The lowest BCUT2D eigenvalue weighted by Gasteiger charge is -2.20. The number of aryl methyl sites for hydroxylation is 2. The van der Waals surface area contributed by atoms with Crippen LogP contribution in [0.4, 0.5) is 0 Å². The summed E-state index contributed by atoms with van der Waals surface area (Å²) in [7, 11) is 0. The molecule has 0 aliphatic heterocycles. The van der Waals surface area contributed by atoms with Gasteiger partial charge < -0.3 is 0 Å². The summed E-state index contributed by atoms with van der Waals surface area (Å²) in [5.74, 6) is 0. The van der Waals surface area contributed by atoms with Crippen LogP contribution >= 0.6 is 0 Å². The van der Waals surface area contributed by atoms with Gasteiger partial charge in [-0.15, -0.1) is 0 Å². The molecule has 7 aromatic rings. The van der Waals surface area contributed by atoms with Gasteiger partial charge >= 0.3 is 0 Å². The summed E-state index contributed by atoms with van der Waals surface area (Å²) in [4.78, 5) is 0. The Kier molecular flexibility index (Phi) is 5.04. The molecule has 0 aliphatic rings. The first-order valence-corrected chi connectivity index (χ1v) is 14.3. The Morgan fingerprint density at radius 2 is 1.05 bits per heavy atom. The van der Waals surface area contributed by atoms with Crippen LogP contribution in [0.3, 0.4) is 0 Å². The Balaban J connectivity index is 1.66. The quantitative estimate of drug-likeness (QED) is 0.151. The Labute approximate surface area is 243 Å². The third-order valence-corrected chi connectivity index (χ3v) is 8.11. The first-order valence-electron chi connectivity index (χ1n) is 16.8. The largest absolute Gasteiger partial charge is 0.0651 e. The van der Waals surface area contributed by atoms with E-state index >= 15 is 0 Å². The molecule has 194 valence electrons. The van der Waals surface area contributed by atoms with Gasteiger partial charge in [0.05, 0.1) is 6.85 Å². The van der Waals surface area contributed by atoms with Gasteiger partial charge in [-0.05, 0) is 95.4 Å².